The van der Waals surface area contributed by atoms with E-state index in [4.69, 9.17) is 4.74 Å². The molecule has 10 heteroatoms. The predicted octanol–water partition coefficient (Wildman–Crippen LogP) is 2.45. The van der Waals surface area contributed by atoms with Gasteiger partial charge in [-0.25, -0.2) is 13.2 Å². The van der Waals surface area contributed by atoms with Crippen molar-refractivity contribution in [1.82, 2.24) is 14.9 Å². The van der Waals surface area contributed by atoms with Crippen LogP contribution in [0.25, 0.3) is 0 Å². The summed E-state index contributed by atoms with van der Waals surface area (Å²) in [5, 5.41) is 5.36. The molecule has 28 heavy (non-hydrogen) atoms. The first-order valence-corrected chi connectivity index (χ1v) is 11.6. The Balaban J connectivity index is 2.07. The number of piperidine rings is 1. The third-order valence-electron chi connectivity index (χ3n) is 4.17. The topological polar surface area (TPSA) is 105 Å². The highest BCUT2D eigenvalue weighted by atomic mass is 32.2. The van der Waals surface area contributed by atoms with Gasteiger partial charge in [-0.05, 0) is 45.7 Å². The molecule has 1 saturated heterocycles. The van der Waals surface area contributed by atoms with Gasteiger partial charge in [0.05, 0.1) is 6.54 Å². The van der Waals surface area contributed by atoms with Crippen LogP contribution < -0.4 is 10.6 Å². The lowest BCUT2D eigenvalue weighted by Gasteiger charge is -2.34. The zero-order valence-electron chi connectivity index (χ0n) is 16.8. The van der Waals surface area contributed by atoms with Gasteiger partial charge >= 0.3 is 6.09 Å². The van der Waals surface area contributed by atoms with Crippen molar-refractivity contribution in [1.29, 1.82) is 0 Å². The van der Waals surface area contributed by atoms with Gasteiger partial charge in [0.25, 0.3) is 10.0 Å². The fourth-order valence-electron chi connectivity index (χ4n) is 2.93. The van der Waals surface area contributed by atoms with Gasteiger partial charge in [-0.15, -0.1) is 11.3 Å². The maximum atomic E-state index is 13.1. The smallest absolute Gasteiger partial charge is 0.407 e. The van der Waals surface area contributed by atoms with E-state index >= 15 is 0 Å². The predicted molar refractivity (Wildman–Crippen MR) is 108 cm³/mol. The minimum atomic E-state index is -3.66. The summed E-state index contributed by atoms with van der Waals surface area (Å²) >= 11 is 1.15. The van der Waals surface area contributed by atoms with Crippen LogP contribution in [0.2, 0.25) is 0 Å². The second kappa shape index (κ2) is 9.23. The van der Waals surface area contributed by atoms with Crippen LogP contribution in [0.5, 0.6) is 0 Å². The Morgan fingerprint density at radius 2 is 1.96 bits per heavy atom. The van der Waals surface area contributed by atoms with Crippen molar-refractivity contribution in [2.24, 2.45) is 0 Å². The molecule has 158 valence electrons. The largest absolute Gasteiger partial charge is 0.444 e. The van der Waals surface area contributed by atoms with Gasteiger partial charge in [0.15, 0.2) is 0 Å². The maximum Gasteiger partial charge on any atom is 0.407 e. The Labute approximate surface area is 170 Å². The van der Waals surface area contributed by atoms with Crippen LogP contribution in [-0.4, -0.2) is 49.5 Å². The Kier molecular flexibility index (Phi) is 7.46. The molecule has 1 aliphatic rings. The molecule has 1 aliphatic heterocycles. The van der Waals surface area contributed by atoms with E-state index in [9.17, 15) is 18.0 Å². The van der Waals surface area contributed by atoms with E-state index in [2.05, 4.69) is 10.6 Å². The molecule has 0 radical (unpaired) electrons. The Bertz CT molecular complexity index is 798. The van der Waals surface area contributed by atoms with Crippen LogP contribution in [0, 0.1) is 0 Å². The molecule has 2 amide bonds. The summed E-state index contributed by atoms with van der Waals surface area (Å²) in [6.45, 7) is 7.68. The molecule has 1 atom stereocenters. The summed E-state index contributed by atoms with van der Waals surface area (Å²) in [4.78, 5) is 23.7. The molecule has 8 nitrogen and oxygen atoms in total. The molecular formula is C18H29N3O5S2. The summed E-state index contributed by atoms with van der Waals surface area (Å²) < 4.78 is 33.2. The van der Waals surface area contributed by atoms with Crippen molar-refractivity contribution in [3.05, 3.63) is 17.0 Å². The highest BCUT2D eigenvalue weighted by Crippen LogP contribution is 2.29. The molecule has 1 aromatic rings. The minimum absolute atomic E-state index is 0.165. The first-order valence-electron chi connectivity index (χ1n) is 9.31. The van der Waals surface area contributed by atoms with Gasteiger partial charge in [-0.3, -0.25) is 4.79 Å². The average molecular weight is 432 g/mol. The second-order valence-corrected chi connectivity index (χ2v) is 11.1. The van der Waals surface area contributed by atoms with Crippen molar-refractivity contribution in [3.8, 4) is 0 Å². The van der Waals surface area contributed by atoms with Crippen LogP contribution in [-0.2, 0) is 26.1 Å². The standard InChI is InChI=1S/C18H29N3O5S2/c1-13(22)19-12-15-8-9-16(27-15)28(24,25)21-10-6-5-7-14(21)11-20-17(23)26-18(2,3)4/h8-9,14H,5-7,10-12H2,1-4H3,(H,19,22)(H,20,23). The molecule has 1 unspecified atom stereocenters. The molecule has 1 fully saturated rings. The molecule has 0 aliphatic carbocycles. The van der Waals surface area contributed by atoms with Gasteiger partial charge in [-0.1, -0.05) is 6.42 Å². The number of hydrogen-bond donors (Lipinski definition) is 2. The van der Waals surface area contributed by atoms with E-state index < -0.39 is 21.7 Å². The number of ether oxygens (including phenoxy) is 1. The van der Waals surface area contributed by atoms with Gasteiger partial charge in [0.1, 0.15) is 9.81 Å². The average Bonchev–Trinajstić information content (AvgIpc) is 3.07. The quantitative estimate of drug-likeness (QED) is 0.720. The number of carbonyl (C=O) groups excluding carboxylic acids is 2. The van der Waals surface area contributed by atoms with E-state index in [-0.39, 0.29) is 22.7 Å². The van der Waals surface area contributed by atoms with E-state index in [1.807, 2.05) is 0 Å². The first kappa shape index (κ1) is 22.6. The number of amides is 2. The van der Waals surface area contributed by atoms with Gasteiger partial charge < -0.3 is 15.4 Å². The van der Waals surface area contributed by atoms with E-state index in [0.717, 1.165) is 29.1 Å². The fourth-order valence-corrected chi connectivity index (χ4v) is 6.05. The van der Waals surface area contributed by atoms with Gasteiger partial charge in [0.2, 0.25) is 5.91 Å². The maximum absolute atomic E-state index is 13.1. The van der Waals surface area contributed by atoms with Crippen molar-refractivity contribution < 1.29 is 22.7 Å². The van der Waals surface area contributed by atoms with Crippen LogP contribution in [0.15, 0.2) is 16.3 Å². The highest BCUT2D eigenvalue weighted by Gasteiger charge is 2.34. The van der Waals surface area contributed by atoms with E-state index in [1.165, 1.54) is 11.2 Å². The van der Waals surface area contributed by atoms with Gasteiger partial charge in [0, 0.05) is 30.9 Å². The Morgan fingerprint density at radius 1 is 1.25 bits per heavy atom. The summed E-state index contributed by atoms with van der Waals surface area (Å²) in [7, 11) is -3.66. The van der Waals surface area contributed by atoms with Crippen LogP contribution in [0.3, 0.4) is 0 Å². The fraction of sp³-hybridized carbons (Fsp3) is 0.667. The summed E-state index contributed by atoms with van der Waals surface area (Å²) in [6.07, 6.45) is 1.82. The van der Waals surface area contributed by atoms with Crippen molar-refractivity contribution >= 4 is 33.4 Å². The lowest BCUT2D eigenvalue weighted by atomic mass is 10.1. The van der Waals surface area contributed by atoms with E-state index in [1.54, 1.807) is 32.9 Å². The van der Waals surface area contributed by atoms with Crippen LogP contribution in [0.1, 0.15) is 51.8 Å². The molecule has 1 aromatic heterocycles. The van der Waals surface area contributed by atoms with Crippen molar-refractivity contribution in [2.75, 3.05) is 13.1 Å². The highest BCUT2D eigenvalue weighted by molar-refractivity contribution is 7.91. The van der Waals surface area contributed by atoms with E-state index in [0.29, 0.717) is 19.5 Å². The van der Waals surface area contributed by atoms with Crippen LogP contribution >= 0.6 is 11.3 Å². The zero-order valence-corrected chi connectivity index (χ0v) is 18.4. The van der Waals surface area contributed by atoms with Gasteiger partial charge in [-0.2, -0.15) is 4.31 Å². The monoisotopic (exact) mass is 431 g/mol. The number of thiophene rings is 1. The SMILES string of the molecule is CC(=O)NCc1ccc(S(=O)(=O)N2CCCCC2CNC(=O)OC(C)(C)C)s1. The molecule has 2 N–H and O–H groups in total. The first-order chi connectivity index (χ1) is 13.0. The molecule has 2 rings (SSSR count). The Hall–Kier alpha value is -1.65. The lowest BCUT2D eigenvalue weighted by molar-refractivity contribution is -0.119. The number of rotatable bonds is 6. The number of sulfonamides is 1. The zero-order chi connectivity index (χ0) is 20.9. The molecule has 0 bridgehead atoms. The lowest BCUT2D eigenvalue weighted by Crippen LogP contribution is -2.49. The third-order valence-corrected chi connectivity index (χ3v) is 7.67. The van der Waals surface area contributed by atoms with Crippen molar-refractivity contribution in [3.63, 3.8) is 0 Å². The van der Waals surface area contributed by atoms with Crippen LogP contribution in [0.4, 0.5) is 4.79 Å². The number of hydrogen-bond acceptors (Lipinski definition) is 6. The summed E-state index contributed by atoms with van der Waals surface area (Å²) in [5.41, 5.74) is -0.607. The molecule has 0 saturated carbocycles. The number of nitrogens with zero attached hydrogens (tertiary/aromatic N) is 1. The summed E-state index contributed by atoms with van der Waals surface area (Å²) in [6, 6.07) is 2.97. The number of carbonyl (C=O) groups is 2. The summed E-state index contributed by atoms with van der Waals surface area (Å²) in [5.74, 6) is -0.165. The molecule has 2 heterocycles. The molecule has 0 spiro atoms. The molecule has 0 aromatic carbocycles. The number of nitrogens with one attached hydrogen (secondary N) is 2. The Morgan fingerprint density at radius 3 is 2.61 bits per heavy atom. The third kappa shape index (κ3) is 6.46. The minimum Gasteiger partial charge on any atom is -0.444 e. The molecular weight excluding hydrogens is 402 g/mol. The second-order valence-electron chi connectivity index (χ2n) is 7.78. The number of alkyl carbamates (subject to hydrolysis) is 1. The normalized spacial score (nSPS) is 18.5. The van der Waals surface area contributed by atoms with Crippen molar-refractivity contribution in [2.45, 2.75) is 69.4 Å².